The van der Waals surface area contributed by atoms with Gasteiger partial charge < -0.3 is 15.8 Å². The van der Waals surface area contributed by atoms with Crippen molar-refractivity contribution >= 4 is 28.8 Å². The number of hydrogen-bond acceptors (Lipinski definition) is 4. The van der Waals surface area contributed by atoms with Gasteiger partial charge in [-0.25, -0.2) is 4.98 Å². The summed E-state index contributed by atoms with van der Waals surface area (Å²) in [5, 5.41) is 3.48. The lowest BCUT2D eigenvalue weighted by Crippen LogP contribution is -1.99. The summed E-state index contributed by atoms with van der Waals surface area (Å²) in [6.07, 6.45) is 0. The second-order valence-corrected chi connectivity index (χ2v) is 3.82. The predicted octanol–water partition coefficient (Wildman–Crippen LogP) is 3.07. The van der Waals surface area contributed by atoms with Crippen LogP contribution >= 0.6 is 11.6 Å². The summed E-state index contributed by atoms with van der Waals surface area (Å²) < 4.78 is 5.13. The van der Waals surface area contributed by atoms with Crippen LogP contribution in [0.5, 0.6) is 5.75 Å². The van der Waals surface area contributed by atoms with E-state index in [2.05, 4.69) is 10.3 Å². The maximum Gasteiger partial charge on any atom is 0.155 e. The standard InChI is InChI=1S/C12H12ClN3O/c1-17-9-4-2-3-8(7-9)15-12-10(14)5-6-11(13)16-12/h2-7H,14H2,1H3,(H,15,16). The topological polar surface area (TPSA) is 60.2 Å². The molecule has 0 spiro atoms. The maximum atomic E-state index is 5.81. The number of hydrogen-bond donors (Lipinski definition) is 2. The van der Waals surface area contributed by atoms with E-state index in [-0.39, 0.29) is 0 Å². The Bertz CT molecular complexity index is 531. The van der Waals surface area contributed by atoms with Crippen molar-refractivity contribution in [1.82, 2.24) is 4.98 Å². The Kier molecular flexibility index (Phi) is 3.35. The summed E-state index contributed by atoms with van der Waals surface area (Å²) in [4.78, 5) is 4.11. The zero-order valence-electron chi connectivity index (χ0n) is 9.27. The molecule has 0 aliphatic heterocycles. The van der Waals surface area contributed by atoms with Gasteiger partial charge in [-0.3, -0.25) is 0 Å². The molecule has 1 aromatic carbocycles. The van der Waals surface area contributed by atoms with Crippen molar-refractivity contribution in [2.24, 2.45) is 0 Å². The number of nitrogens with two attached hydrogens (primary N) is 1. The first-order valence-electron chi connectivity index (χ1n) is 5.02. The number of nitrogens with zero attached hydrogens (tertiary/aromatic N) is 1. The number of ether oxygens (including phenoxy) is 1. The molecule has 5 heteroatoms. The van der Waals surface area contributed by atoms with Gasteiger partial charge >= 0.3 is 0 Å². The van der Waals surface area contributed by atoms with Crippen molar-refractivity contribution in [3.05, 3.63) is 41.6 Å². The summed E-state index contributed by atoms with van der Waals surface area (Å²) in [6.45, 7) is 0. The monoisotopic (exact) mass is 249 g/mol. The fraction of sp³-hybridized carbons (Fsp3) is 0.0833. The lowest BCUT2D eigenvalue weighted by atomic mass is 10.3. The third kappa shape index (κ3) is 2.79. The average Bonchev–Trinajstić information content (AvgIpc) is 2.34. The molecule has 0 aliphatic carbocycles. The number of halogens is 1. The molecule has 0 atom stereocenters. The summed E-state index contributed by atoms with van der Waals surface area (Å²) >= 11 is 5.81. The number of nitrogens with one attached hydrogen (secondary N) is 1. The normalized spacial score (nSPS) is 10.0. The van der Waals surface area contributed by atoms with Crippen LogP contribution in [0.25, 0.3) is 0 Å². The van der Waals surface area contributed by atoms with Gasteiger partial charge in [0.15, 0.2) is 5.82 Å². The molecule has 1 aromatic heterocycles. The third-order valence-electron chi connectivity index (χ3n) is 2.22. The fourth-order valence-corrected chi connectivity index (χ4v) is 1.53. The van der Waals surface area contributed by atoms with Gasteiger partial charge in [0.2, 0.25) is 0 Å². The van der Waals surface area contributed by atoms with Crippen LogP contribution < -0.4 is 15.8 Å². The molecular formula is C12H12ClN3O. The minimum absolute atomic E-state index is 0.393. The van der Waals surface area contributed by atoms with Crippen LogP contribution in [-0.4, -0.2) is 12.1 Å². The Morgan fingerprint density at radius 2 is 2.12 bits per heavy atom. The lowest BCUT2D eigenvalue weighted by Gasteiger charge is -2.09. The van der Waals surface area contributed by atoms with E-state index >= 15 is 0 Å². The van der Waals surface area contributed by atoms with Crippen LogP contribution in [0.4, 0.5) is 17.2 Å². The van der Waals surface area contributed by atoms with Crippen molar-refractivity contribution in [2.75, 3.05) is 18.2 Å². The van der Waals surface area contributed by atoms with E-state index in [1.54, 1.807) is 19.2 Å². The van der Waals surface area contributed by atoms with Gasteiger partial charge in [0.1, 0.15) is 10.9 Å². The minimum atomic E-state index is 0.393. The van der Waals surface area contributed by atoms with Crippen LogP contribution in [0.3, 0.4) is 0 Å². The summed E-state index contributed by atoms with van der Waals surface area (Å²) in [5.41, 5.74) is 7.17. The molecule has 0 unspecified atom stereocenters. The molecule has 0 fully saturated rings. The lowest BCUT2D eigenvalue weighted by molar-refractivity contribution is 0.415. The van der Waals surface area contributed by atoms with Gasteiger partial charge in [-0.1, -0.05) is 17.7 Å². The average molecular weight is 250 g/mol. The van der Waals surface area contributed by atoms with Gasteiger partial charge in [0, 0.05) is 11.8 Å². The molecule has 1 heterocycles. The Hall–Kier alpha value is -1.94. The maximum absolute atomic E-state index is 5.81. The van der Waals surface area contributed by atoms with Crippen molar-refractivity contribution in [1.29, 1.82) is 0 Å². The van der Waals surface area contributed by atoms with Gasteiger partial charge in [-0.2, -0.15) is 0 Å². The number of methoxy groups -OCH3 is 1. The molecule has 0 saturated carbocycles. The summed E-state index contributed by atoms with van der Waals surface area (Å²) in [5.74, 6) is 1.29. The van der Waals surface area contributed by atoms with E-state index < -0.39 is 0 Å². The third-order valence-corrected chi connectivity index (χ3v) is 2.44. The Morgan fingerprint density at radius 1 is 1.29 bits per heavy atom. The zero-order chi connectivity index (χ0) is 12.3. The molecule has 0 aliphatic rings. The first-order chi connectivity index (χ1) is 8.19. The highest BCUT2D eigenvalue weighted by molar-refractivity contribution is 6.29. The van der Waals surface area contributed by atoms with E-state index in [4.69, 9.17) is 22.1 Å². The molecular weight excluding hydrogens is 238 g/mol. The first kappa shape index (κ1) is 11.5. The minimum Gasteiger partial charge on any atom is -0.497 e. The van der Waals surface area contributed by atoms with Crippen molar-refractivity contribution in [3.63, 3.8) is 0 Å². The molecule has 17 heavy (non-hydrogen) atoms. The van der Waals surface area contributed by atoms with Gasteiger partial charge in [-0.05, 0) is 24.3 Å². The van der Waals surface area contributed by atoms with E-state index in [0.717, 1.165) is 11.4 Å². The molecule has 2 rings (SSSR count). The van der Waals surface area contributed by atoms with Crippen molar-refractivity contribution in [2.45, 2.75) is 0 Å². The number of rotatable bonds is 3. The molecule has 0 saturated heterocycles. The molecule has 0 amide bonds. The number of pyridine rings is 1. The molecule has 2 aromatic rings. The van der Waals surface area contributed by atoms with Gasteiger partial charge in [0.25, 0.3) is 0 Å². The van der Waals surface area contributed by atoms with Gasteiger partial charge in [-0.15, -0.1) is 0 Å². The Labute approximate surface area is 104 Å². The first-order valence-corrected chi connectivity index (χ1v) is 5.40. The molecule has 0 bridgehead atoms. The van der Waals surface area contributed by atoms with E-state index in [0.29, 0.717) is 16.7 Å². The van der Waals surface area contributed by atoms with Crippen molar-refractivity contribution < 1.29 is 4.74 Å². The second kappa shape index (κ2) is 4.93. The van der Waals surface area contributed by atoms with E-state index in [1.807, 2.05) is 24.3 Å². The highest BCUT2D eigenvalue weighted by atomic mass is 35.5. The molecule has 0 radical (unpaired) electrons. The number of nitrogen functional groups attached to an aromatic ring is 1. The zero-order valence-corrected chi connectivity index (χ0v) is 10.0. The second-order valence-electron chi connectivity index (χ2n) is 3.43. The van der Waals surface area contributed by atoms with Crippen LogP contribution in [-0.2, 0) is 0 Å². The van der Waals surface area contributed by atoms with Crippen LogP contribution in [0.1, 0.15) is 0 Å². The summed E-state index contributed by atoms with van der Waals surface area (Å²) in [7, 11) is 1.62. The van der Waals surface area contributed by atoms with E-state index in [9.17, 15) is 0 Å². The largest absolute Gasteiger partial charge is 0.497 e. The van der Waals surface area contributed by atoms with Crippen LogP contribution in [0, 0.1) is 0 Å². The highest BCUT2D eigenvalue weighted by Gasteiger charge is 2.03. The van der Waals surface area contributed by atoms with Crippen LogP contribution in [0.2, 0.25) is 5.15 Å². The van der Waals surface area contributed by atoms with Gasteiger partial charge in [0.05, 0.1) is 12.8 Å². The summed E-state index contributed by atoms with van der Waals surface area (Å²) in [6, 6.07) is 10.8. The smallest absolute Gasteiger partial charge is 0.155 e. The van der Waals surface area contributed by atoms with Crippen molar-refractivity contribution in [3.8, 4) is 5.75 Å². The number of aromatic nitrogens is 1. The van der Waals surface area contributed by atoms with Crippen LogP contribution in [0.15, 0.2) is 36.4 Å². The molecule has 4 nitrogen and oxygen atoms in total. The fourth-order valence-electron chi connectivity index (χ4n) is 1.38. The predicted molar refractivity (Wildman–Crippen MR) is 69.9 cm³/mol. The number of benzene rings is 1. The molecule has 88 valence electrons. The Balaban J connectivity index is 2.27. The van der Waals surface area contributed by atoms with E-state index in [1.165, 1.54) is 0 Å². The Morgan fingerprint density at radius 3 is 2.88 bits per heavy atom. The highest BCUT2D eigenvalue weighted by Crippen LogP contribution is 2.24. The SMILES string of the molecule is COc1cccc(Nc2nc(Cl)ccc2N)c1. The number of anilines is 3. The molecule has 3 N–H and O–H groups in total. The quantitative estimate of drug-likeness (QED) is 0.821.